The SMILES string of the molecule is C[C@@]1(C(F)(F)F)CN(c2ccc([C@H]3C(F)(F)[C@]3(C)C(=O)N[C@@H]3CCCOC3)cc2)c2cnc3cc(Cl)nn3c21. The van der Waals surface area contributed by atoms with Crippen molar-refractivity contribution in [2.75, 3.05) is 24.7 Å². The molecule has 2 fully saturated rings. The fraction of sp³-hybridized carbons (Fsp3) is 0.500. The summed E-state index contributed by atoms with van der Waals surface area (Å²) < 4.78 is 79.7. The van der Waals surface area contributed by atoms with Gasteiger partial charge in [-0.25, -0.2) is 18.3 Å². The minimum atomic E-state index is -4.63. The Labute approximate surface area is 225 Å². The summed E-state index contributed by atoms with van der Waals surface area (Å²) in [6, 6.07) is 6.92. The van der Waals surface area contributed by atoms with Crippen molar-refractivity contribution in [1.29, 1.82) is 0 Å². The van der Waals surface area contributed by atoms with E-state index in [0.717, 1.165) is 17.9 Å². The number of rotatable bonds is 4. The summed E-state index contributed by atoms with van der Waals surface area (Å²) in [5.41, 5.74) is -3.39. The number of benzene rings is 1. The van der Waals surface area contributed by atoms with Gasteiger partial charge in [0.25, 0.3) is 5.92 Å². The molecule has 4 atom stereocenters. The van der Waals surface area contributed by atoms with Crippen molar-refractivity contribution < 1.29 is 31.5 Å². The molecule has 7 nitrogen and oxygen atoms in total. The molecular formula is C26H25ClF5N5O2. The lowest BCUT2D eigenvalue weighted by atomic mass is 9.87. The van der Waals surface area contributed by atoms with Gasteiger partial charge in [0.15, 0.2) is 10.8 Å². The molecule has 208 valence electrons. The highest BCUT2D eigenvalue weighted by molar-refractivity contribution is 6.29. The summed E-state index contributed by atoms with van der Waals surface area (Å²) in [4.78, 5) is 18.5. The molecule has 13 heteroatoms. The number of amides is 1. The quantitative estimate of drug-likeness (QED) is 0.427. The third-order valence-corrected chi connectivity index (χ3v) is 8.59. The number of fused-ring (bicyclic) bond motifs is 3. The maximum absolute atomic E-state index is 15.1. The van der Waals surface area contributed by atoms with Gasteiger partial charge >= 0.3 is 6.18 Å². The zero-order valence-corrected chi connectivity index (χ0v) is 21.8. The first-order chi connectivity index (χ1) is 18.3. The Morgan fingerprint density at radius 3 is 2.56 bits per heavy atom. The lowest BCUT2D eigenvalue weighted by molar-refractivity contribution is -0.181. The zero-order chi connectivity index (χ0) is 28.0. The summed E-state index contributed by atoms with van der Waals surface area (Å²) >= 11 is 5.96. The van der Waals surface area contributed by atoms with E-state index in [4.69, 9.17) is 16.3 Å². The summed E-state index contributed by atoms with van der Waals surface area (Å²) in [5, 5.41) is 6.73. The normalized spacial score (nSPS) is 29.9. The molecule has 3 aliphatic rings. The van der Waals surface area contributed by atoms with Crippen molar-refractivity contribution >= 4 is 34.5 Å². The molecule has 1 aromatic carbocycles. The predicted octanol–water partition coefficient (Wildman–Crippen LogP) is 5.39. The molecule has 0 spiro atoms. The average molecular weight is 570 g/mol. The van der Waals surface area contributed by atoms with E-state index in [0.29, 0.717) is 18.7 Å². The van der Waals surface area contributed by atoms with Crippen LogP contribution in [0.4, 0.5) is 33.3 Å². The molecule has 0 bridgehead atoms. The number of alkyl halides is 5. The van der Waals surface area contributed by atoms with E-state index in [1.165, 1.54) is 48.4 Å². The summed E-state index contributed by atoms with van der Waals surface area (Å²) in [6.45, 7) is 2.72. The Morgan fingerprint density at radius 2 is 1.92 bits per heavy atom. The fourth-order valence-electron chi connectivity index (χ4n) is 5.93. The van der Waals surface area contributed by atoms with Crippen LogP contribution in [0.2, 0.25) is 5.15 Å². The Balaban J connectivity index is 1.31. The van der Waals surface area contributed by atoms with Crippen LogP contribution in [0.1, 0.15) is 43.9 Å². The van der Waals surface area contributed by atoms with Crippen LogP contribution in [0.15, 0.2) is 36.5 Å². The topological polar surface area (TPSA) is 71.8 Å². The van der Waals surface area contributed by atoms with Crippen molar-refractivity contribution in [2.45, 2.75) is 56.2 Å². The standard InChI is InChI=1S/C26H25ClF5N5O2/c1-23(26(30,31)32)13-36(17-11-33-19-10-18(27)35-37(19)21(17)23)16-7-5-14(6-8-16)20-24(2,25(20,28)29)22(38)34-15-4-3-9-39-12-15/h5-8,10-11,15,20H,3-4,9,12-13H2,1-2H3,(H,34,38)/t15-,20-,23-,24+/m1/s1. The highest BCUT2D eigenvalue weighted by atomic mass is 35.5. The van der Waals surface area contributed by atoms with E-state index in [9.17, 15) is 18.0 Å². The Hall–Kier alpha value is -2.99. The predicted molar refractivity (Wildman–Crippen MR) is 133 cm³/mol. The molecule has 1 aliphatic carbocycles. The van der Waals surface area contributed by atoms with E-state index < -0.39 is 41.3 Å². The number of halogens is 6. The number of nitrogens with zero attached hydrogens (tertiary/aromatic N) is 4. The molecule has 6 rings (SSSR count). The second-order valence-electron chi connectivity index (χ2n) is 10.9. The van der Waals surface area contributed by atoms with E-state index in [-0.39, 0.29) is 40.4 Å². The lowest BCUT2D eigenvalue weighted by Crippen LogP contribution is -2.45. The number of ether oxygens (including phenoxy) is 1. The minimum Gasteiger partial charge on any atom is -0.379 e. The van der Waals surface area contributed by atoms with Crippen LogP contribution in [0.5, 0.6) is 0 Å². The van der Waals surface area contributed by atoms with Gasteiger partial charge in [-0.15, -0.1) is 0 Å². The Bertz CT molecular complexity index is 1460. The van der Waals surface area contributed by atoms with Gasteiger partial charge in [-0.1, -0.05) is 23.7 Å². The van der Waals surface area contributed by atoms with Crippen molar-refractivity contribution in [3.8, 4) is 0 Å². The number of hydrogen-bond acceptors (Lipinski definition) is 5. The molecular weight excluding hydrogens is 545 g/mol. The fourth-order valence-corrected chi connectivity index (χ4v) is 6.11. The smallest absolute Gasteiger partial charge is 0.379 e. The molecule has 1 amide bonds. The molecule has 39 heavy (non-hydrogen) atoms. The maximum Gasteiger partial charge on any atom is 0.401 e. The molecule has 4 heterocycles. The number of hydrogen-bond donors (Lipinski definition) is 1. The van der Waals surface area contributed by atoms with Gasteiger partial charge in [-0.2, -0.15) is 18.3 Å². The summed E-state index contributed by atoms with van der Waals surface area (Å²) in [6.07, 6.45) is -1.89. The third-order valence-electron chi connectivity index (χ3n) is 8.40. The minimum absolute atomic E-state index is 0.0108. The summed E-state index contributed by atoms with van der Waals surface area (Å²) in [5.74, 6) is -5.38. The molecule has 0 radical (unpaired) electrons. The Morgan fingerprint density at radius 1 is 1.21 bits per heavy atom. The van der Waals surface area contributed by atoms with Gasteiger partial charge in [-0.05, 0) is 44.4 Å². The van der Waals surface area contributed by atoms with E-state index in [1.807, 2.05) is 0 Å². The maximum atomic E-state index is 15.1. The molecule has 1 saturated carbocycles. The van der Waals surface area contributed by atoms with Gasteiger partial charge in [0, 0.05) is 24.9 Å². The number of carbonyl (C=O) groups excluding carboxylic acids is 1. The zero-order valence-electron chi connectivity index (χ0n) is 21.0. The highest BCUT2D eigenvalue weighted by Gasteiger charge is 2.82. The van der Waals surface area contributed by atoms with Crippen molar-refractivity contribution in [3.05, 3.63) is 52.9 Å². The second-order valence-corrected chi connectivity index (χ2v) is 11.3. The van der Waals surface area contributed by atoms with Crippen LogP contribution in [0, 0.1) is 5.41 Å². The van der Waals surface area contributed by atoms with E-state index in [2.05, 4.69) is 15.4 Å². The van der Waals surface area contributed by atoms with Gasteiger partial charge in [0.1, 0.15) is 10.8 Å². The van der Waals surface area contributed by atoms with Crippen LogP contribution < -0.4 is 10.2 Å². The third kappa shape index (κ3) is 3.74. The van der Waals surface area contributed by atoms with Crippen LogP contribution >= 0.6 is 11.6 Å². The molecule has 3 aromatic rings. The van der Waals surface area contributed by atoms with Crippen LogP contribution in [0.3, 0.4) is 0 Å². The first-order valence-corrected chi connectivity index (χ1v) is 12.9. The van der Waals surface area contributed by atoms with Crippen LogP contribution in [-0.2, 0) is 14.9 Å². The molecule has 2 aliphatic heterocycles. The van der Waals surface area contributed by atoms with Gasteiger partial charge in [0.05, 0.1) is 36.1 Å². The first kappa shape index (κ1) is 26.2. The number of carbonyl (C=O) groups is 1. The van der Waals surface area contributed by atoms with Crippen LogP contribution in [0.25, 0.3) is 5.65 Å². The first-order valence-electron chi connectivity index (χ1n) is 12.5. The van der Waals surface area contributed by atoms with Gasteiger partial charge in [-0.3, -0.25) is 4.79 Å². The van der Waals surface area contributed by atoms with Crippen molar-refractivity contribution in [1.82, 2.24) is 19.9 Å². The highest BCUT2D eigenvalue weighted by Crippen LogP contribution is 2.71. The molecule has 1 saturated heterocycles. The van der Waals surface area contributed by atoms with E-state index >= 15 is 8.78 Å². The number of nitrogens with one attached hydrogen (secondary N) is 1. The number of anilines is 2. The Kier molecular flexibility index (Phi) is 5.72. The summed E-state index contributed by atoms with van der Waals surface area (Å²) in [7, 11) is 0. The van der Waals surface area contributed by atoms with Gasteiger partial charge < -0.3 is 15.0 Å². The second kappa shape index (κ2) is 8.50. The lowest BCUT2D eigenvalue weighted by Gasteiger charge is -2.28. The molecule has 2 aromatic heterocycles. The largest absolute Gasteiger partial charge is 0.401 e. The number of aromatic nitrogens is 3. The monoisotopic (exact) mass is 569 g/mol. The molecule has 1 N–H and O–H groups in total. The van der Waals surface area contributed by atoms with Crippen LogP contribution in [-0.4, -0.2) is 58.4 Å². The van der Waals surface area contributed by atoms with E-state index in [1.54, 1.807) is 0 Å². The van der Waals surface area contributed by atoms with Gasteiger partial charge in [0.2, 0.25) is 5.91 Å². The molecule has 0 unspecified atom stereocenters. The average Bonchev–Trinajstić information content (AvgIpc) is 3.16. The van der Waals surface area contributed by atoms with Crippen molar-refractivity contribution in [2.24, 2.45) is 5.41 Å². The van der Waals surface area contributed by atoms with Crippen molar-refractivity contribution in [3.63, 3.8) is 0 Å².